The van der Waals surface area contributed by atoms with Crippen molar-refractivity contribution in [3.05, 3.63) is 150 Å². The van der Waals surface area contributed by atoms with E-state index in [1.54, 1.807) is 0 Å². The summed E-state index contributed by atoms with van der Waals surface area (Å²) in [5.41, 5.74) is 8.84. The fourth-order valence-electron chi connectivity index (χ4n) is 6.44. The monoisotopic (exact) mass is 486 g/mol. The number of para-hydroxylation sites is 3. The maximum Gasteiger partial charge on any atom is 0.0650 e. The molecule has 2 unspecified atom stereocenters. The molecule has 2 heterocycles. The van der Waals surface area contributed by atoms with Crippen molar-refractivity contribution in [3.8, 4) is 16.8 Å². The molecular weight excluding hydrogens is 460 g/mol. The lowest BCUT2D eigenvalue weighted by Gasteiger charge is -2.29. The molecule has 6 aromatic rings. The Morgan fingerprint density at radius 3 is 1.97 bits per heavy atom. The topological polar surface area (TPSA) is 8.17 Å². The minimum absolute atomic E-state index is 0.203. The predicted octanol–water partition coefficient (Wildman–Crippen LogP) is 7.18. The average Bonchev–Trinajstić information content (AvgIpc) is 3.49. The van der Waals surface area contributed by atoms with Crippen LogP contribution < -0.4 is 15.5 Å². The number of hydrogen-bond donors (Lipinski definition) is 0. The van der Waals surface area contributed by atoms with Gasteiger partial charge in [-0.2, -0.15) is 0 Å². The molecule has 2 nitrogen and oxygen atoms in total. The Labute approximate surface area is 222 Å². The van der Waals surface area contributed by atoms with Crippen LogP contribution in [0.3, 0.4) is 0 Å². The molecule has 38 heavy (non-hydrogen) atoms. The van der Waals surface area contributed by atoms with Crippen LogP contribution in [0.2, 0.25) is 0 Å². The highest BCUT2D eigenvalue weighted by molar-refractivity contribution is 5.88. The lowest BCUT2D eigenvalue weighted by molar-refractivity contribution is 0.796. The van der Waals surface area contributed by atoms with Gasteiger partial charge in [0.2, 0.25) is 0 Å². The molecule has 0 saturated heterocycles. The zero-order valence-corrected chi connectivity index (χ0v) is 20.9. The Balaban J connectivity index is 1.34. The molecule has 1 aliphatic carbocycles. The molecule has 1 aromatic heterocycles. The van der Waals surface area contributed by atoms with Crippen LogP contribution in [0.15, 0.2) is 133 Å². The third kappa shape index (κ3) is 3.13. The van der Waals surface area contributed by atoms with E-state index in [0.717, 1.165) is 0 Å². The summed E-state index contributed by atoms with van der Waals surface area (Å²) in [5, 5.41) is 3.92. The molecule has 2 atom stereocenters. The smallest absolute Gasteiger partial charge is 0.0650 e. The van der Waals surface area contributed by atoms with Crippen molar-refractivity contribution in [2.45, 2.75) is 12.0 Å². The van der Waals surface area contributed by atoms with Crippen molar-refractivity contribution in [1.82, 2.24) is 4.57 Å². The van der Waals surface area contributed by atoms with Crippen molar-refractivity contribution < 1.29 is 0 Å². The average molecular weight is 487 g/mol. The fraction of sp³-hybridized carbons (Fsp3) is 0.0556. The Kier molecular flexibility index (Phi) is 4.68. The van der Waals surface area contributed by atoms with Crippen LogP contribution in [-0.2, 0) is 0 Å². The number of aromatic nitrogens is 1. The second-order valence-corrected chi connectivity index (χ2v) is 10.2. The van der Waals surface area contributed by atoms with Crippen LogP contribution >= 0.6 is 0 Å². The highest BCUT2D eigenvalue weighted by Crippen LogP contribution is 2.47. The fourth-order valence-corrected chi connectivity index (χ4v) is 6.44. The molecule has 0 saturated carbocycles. The van der Waals surface area contributed by atoms with E-state index in [2.05, 4.69) is 155 Å². The first kappa shape index (κ1) is 21.3. The van der Waals surface area contributed by atoms with Crippen LogP contribution in [-0.4, -0.2) is 10.6 Å². The quantitative estimate of drug-likeness (QED) is 0.257. The summed E-state index contributed by atoms with van der Waals surface area (Å²) in [6, 6.07) is 48.3. The van der Waals surface area contributed by atoms with E-state index in [0.29, 0.717) is 5.92 Å². The number of nitrogens with zero attached hydrogens (tertiary/aromatic N) is 2. The number of benzene rings is 5. The molecule has 0 spiro atoms. The van der Waals surface area contributed by atoms with Crippen LogP contribution in [0, 0.1) is 0 Å². The molecule has 2 aliphatic rings. The van der Waals surface area contributed by atoms with E-state index in [1.807, 2.05) is 0 Å². The third-order valence-corrected chi connectivity index (χ3v) is 8.12. The Bertz CT molecular complexity index is 1920. The molecule has 0 radical (unpaired) electrons. The summed E-state index contributed by atoms with van der Waals surface area (Å²) in [6.45, 7) is 0. The molecule has 0 bridgehead atoms. The second kappa shape index (κ2) is 8.36. The van der Waals surface area contributed by atoms with Gasteiger partial charge in [0.25, 0.3) is 0 Å². The number of rotatable bonds is 3. The van der Waals surface area contributed by atoms with E-state index < -0.39 is 0 Å². The van der Waals surface area contributed by atoms with Gasteiger partial charge in [0, 0.05) is 33.6 Å². The van der Waals surface area contributed by atoms with E-state index in [9.17, 15) is 0 Å². The predicted molar refractivity (Wildman–Crippen MR) is 158 cm³/mol. The lowest BCUT2D eigenvalue weighted by atomic mass is 9.90. The van der Waals surface area contributed by atoms with Crippen molar-refractivity contribution >= 4 is 34.4 Å². The van der Waals surface area contributed by atoms with Crippen LogP contribution in [0.4, 0.5) is 11.4 Å². The Morgan fingerprint density at radius 2 is 1.16 bits per heavy atom. The summed E-state index contributed by atoms with van der Waals surface area (Å²) in [6.07, 6.45) is 5.01. The number of anilines is 2. The second-order valence-electron chi connectivity index (χ2n) is 10.2. The molecular formula is C36H26N2. The number of hydrogen-bond acceptors (Lipinski definition) is 1. The summed E-state index contributed by atoms with van der Waals surface area (Å²) in [4.78, 5) is 2.53. The van der Waals surface area contributed by atoms with Gasteiger partial charge in [0.05, 0.1) is 16.9 Å². The highest BCUT2D eigenvalue weighted by Gasteiger charge is 2.38. The zero-order chi connectivity index (χ0) is 25.1. The number of fused-ring (bicyclic) bond motifs is 6. The molecule has 5 aromatic carbocycles. The maximum atomic E-state index is 2.53. The van der Waals surface area contributed by atoms with Gasteiger partial charge in [-0.25, -0.2) is 0 Å². The van der Waals surface area contributed by atoms with E-state index in [-0.39, 0.29) is 6.04 Å². The first-order valence-corrected chi connectivity index (χ1v) is 13.3. The maximum absolute atomic E-state index is 2.53. The minimum atomic E-state index is 0.203. The van der Waals surface area contributed by atoms with Crippen molar-refractivity contribution in [3.63, 3.8) is 0 Å². The molecule has 0 fully saturated rings. The van der Waals surface area contributed by atoms with Crippen molar-refractivity contribution in [1.29, 1.82) is 0 Å². The Hall–Kier alpha value is -4.82. The van der Waals surface area contributed by atoms with Crippen LogP contribution in [0.1, 0.15) is 11.5 Å². The Morgan fingerprint density at radius 1 is 0.500 bits per heavy atom. The molecule has 8 rings (SSSR count). The van der Waals surface area contributed by atoms with Gasteiger partial charge < -0.3 is 9.47 Å². The van der Waals surface area contributed by atoms with Gasteiger partial charge in [0.1, 0.15) is 0 Å². The molecule has 0 amide bonds. The van der Waals surface area contributed by atoms with E-state index in [4.69, 9.17) is 0 Å². The highest BCUT2D eigenvalue weighted by atomic mass is 15.2. The van der Waals surface area contributed by atoms with E-state index in [1.165, 1.54) is 55.2 Å². The van der Waals surface area contributed by atoms with Gasteiger partial charge in [-0.15, -0.1) is 0 Å². The largest absolute Gasteiger partial charge is 0.333 e. The lowest BCUT2D eigenvalue weighted by Crippen LogP contribution is -2.40. The normalized spacial score (nSPS) is 17.3. The molecule has 1 aliphatic heterocycles. The molecule has 180 valence electrons. The summed E-state index contributed by atoms with van der Waals surface area (Å²) < 4.78 is 2.43. The first-order chi connectivity index (χ1) is 18.9. The standard InChI is InChI=1S/C36H26N2/c1-3-11-25(12-4-1)26-19-21-28(22-20-26)38-34-18-10-8-16-30(34)32-23-31-29-15-7-9-17-33(29)37(35(31)24-36(32)38)27-13-5-2-6-14-27/h1-24,32,36H. The van der Waals surface area contributed by atoms with Gasteiger partial charge in [-0.1, -0.05) is 103 Å². The van der Waals surface area contributed by atoms with Crippen LogP contribution in [0.25, 0.3) is 39.9 Å². The van der Waals surface area contributed by atoms with Crippen LogP contribution in [0.5, 0.6) is 0 Å². The zero-order valence-electron chi connectivity index (χ0n) is 20.9. The van der Waals surface area contributed by atoms with Crippen molar-refractivity contribution in [2.75, 3.05) is 4.90 Å². The van der Waals surface area contributed by atoms with Gasteiger partial charge >= 0.3 is 0 Å². The SMILES string of the molecule is C1=c2c(n(-c3ccccc3)c3ccccc23)=CC2C1c1ccccc1N2c1ccc(-c2ccccc2)cc1. The summed E-state index contributed by atoms with van der Waals surface area (Å²) in [7, 11) is 0. The third-order valence-electron chi connectivity index (χ3n) is 8.12. The van der Waals surface area contributed by atoms with E-state index >= 15 is 0 Å². The summed E-state index contributed by atoms with van der Waals surface area (Å²) >= 11 is 0. The molecule has 2 heteroatoms. The molecule has 0 N–H and O–H groups in total. The van der Waals surface area contributed by atoms with Gasteiger partial charge in [0.15, 0.2) is 0 Å². The summed E-state index contributed by atoms with van der Waals surface area (Å²) in [5.74, 6) is 0.294. The first-order valence-electron chi connectivity index (χ1n) is 13.3. The van der Waals surface area contributed by atoms with Gasteiger partial charge in [-0.3, -0.25) is 0 Å². The van der Waals surface area contributed by atoms with Gasteiger partial charge in [-0.05, 0) is 59.2 Å². The minimum Gasteiger partial charge on any atom is -0.333 e. The van der Waals surface area contributed by atoms with Crippen molar-refractivity contribution in [2.24, 2.45) is 0 Å².